The van der Waals surface area contributed by atoms with E-state index < -0.39 is 0 Å². The van der Waals surface area contributed by atoms with Crippen molar-refractivity contribution in [2.24, 2.45) is 16.7 Å². The lowest BCUT2D eigenvalue weighted by Crippen LogP contribution is -2.39. The van der Waals surface area contributed by atoms with Crippen molar-refractivity contribution in [3.63, 3.8) is 0 Å². The highest BCUT2D eigenvalue weighted by molar-refractivity contribution is 4.88. The lowest BCUT2D eigenvalue weighted by molar-refractivity contribution is -0.0984. The maximum atomic E-state index is 6.51. The van der Waals surface area contributed by atoms with Crippen LogP contribution in [0.25, 0.3) is 0 Å². The summed E-state index contributed by atoms with van der Waals surface area (Å²) in [7, 11) is 0. The van der Waals surface area contributed by atoms with E-state index in [9.17, 15) is 0 Å². The van der Waals surface area contributed by atoms with Gasteiger partial charge in [0, 0.05) is 0 Å². The average molecular weight is 268 g/mol. The molecular formula is C18H36O. The number of hydrogen-bond donors (Lipinski definition) is 0. The van der Waals surface area contributed by atoms with E-state index in [4.69, 9.17) is 4.74 Å². The Kier molecular flexibility index (Phi) is 5.52. The van der Waals surface area contributed by atoms with Gasteiger partial charge in [0.15, 0.2) is 0 Å². The van der Waals surface area contributed by atoms with Crippen LogP contribution in [0.15, 0.2) is 0 Å². The maximum Gasteiger partial charge on any atom is 0.0680 e. The molecule has 0 aromatic rings. The second-order valence-corrected chi connectivity index (χ2v) is 8.58. The summed E-state index contributed by atoms with van der Waals surface area (Å²) < 4.78 is 6.51. The lowest BCUT2D eigenvalue weighted by Gasteiger charge is -2.42. The monoisotopic (exact) mass is 268 g/mol. The van der Waals surface area contributed by atoms with Crippen molar-refractivity contribution in [1.82, 2.24) is 0 Å². The Morgan fingerprint density at radius 2 is 1.58 bits per heavy atom. The third-order valence-corrected chi connectivity index (χ3v) is 5.20. The minimum atomic E-state index is 0.202. The van der Waals surface area contributed by atoms with Crippen LogP contribution in [-0.2, 0) is 4.74 Å². The molecule has 1 rings (SSSR count). The molecule has 0 bridgehead atoms. The van der Waals surface area contributed by atoms with Crippen LogP contribution in [0.4, 0.5) is 0 Å². The van der Waals surface area contributed by atoms with Crippen LogP contribution in [0.1, 0.15) is 87.0 Å². The van der Waals surface area contributed by atoms with Crippen molar-refractivity contribution in [3.05, 3.63) is 0 Å². The summed E-state index contributed by atoms with van der Waals surface area (Å²) in [5.41, 5.74) is 0.870. The normalized spacial score (nSPS) is 22.7. The molecule has 0 aromatic carbocycles. The summed E-state index contributed by atoms with van der Waals surface area (Å²) in [5.74, 6) is 0.669. The summed E-state index contributed by atoms with van der Waals surface area (Å²) in [6.45, 7) is 17.4. The molecule has 1 saturated carbocycles. The molecule has 1 aliphatic carbocycles. The minimum absolute atomic E-state index is 0.202. The molecule has 1 aliphatic rings. The molecule has 0 radical (unpaired) electrons. The topological polar surface area (TPSA) is 9.23 Å². The highest BCUT2D eigenvalue weighted by atomic mass is 16.5. The Morgan fingerprint density at radius 1 is 1.05 bits per heavy atom. The second-order valence-electron chi connectivity index (χ2n) is 8.58. The molecule has 0 N–H and O–H groups in total. The molecule has 0 aliphatic heterocycles. The van der Waals surface area contributed by atoms with Crippen LogP contribution >= 0.6 is 0 Å². The van der Waals surface area contributed by atoms with Crippen molar-refractivity contribution >= 4 is 0 Å². The molecule has 0 spiro atoms. The molecular weight excluding hydrogens is 232 g/mol. The molecule has 1 heteroatoms. The van der Waals surface area contributed by atoms with Gasteiger partial charge in [-0.3, -0.25) is 0 Å². The molecule has 1 atom stereocenters. The van der Waals surface area contributed by atoms with Gasteiger partial charge in [0.2, 0.25) is 0 Å². The molecule has 0 heterocycles. The average Bonchev–Trinajstić information content (AvgIpc) is 2.73. The highest BCUT2D eigenvalue weighted by Crippen LogP contribution is 2.43. The molecule has 114 valence electrons. The highest BCUT2D eigenvalue weighted by Gasteiger charge is 2.38. The van der Waals surface area contributed by atoms with Gasteiger partial charge >= 0.3 is 0 Å². The van der Waals surface area contributed by atoms with E-state index in [0.29, 0.717) is 16.7 Å². The first-order valence-electron chi connectivity index (χ1n) is 8.26. The predicted octanol–water partition coefficient (Wildman–Crippen LogP) is 5.82. The fourth-order valence-corrected chi connectivity index (χ4v) is 3.57. The molecule has 0 aromatic heterocycles. The van der Waals surface area contributed by atoms with Crippen molar-refractivity contribution in [2.75, 3.05) is 6.61 Å². The summed E-state index contributed by atoms with van der Waals surface area (Å²) in [6.07, 6.45) is 7.66. The molecule has 0 saturated heterocycles. The van der Waals surface area contributed by atoms with E-state index in [1.807, 2.05) is 0 Å². The zero-order valence-electron chi connectivity index (χ0n) is 14.4. The summed E-state index contributed by atoms with van der Waals surface area (Å²) >= 11 is 0. The molecule has 19 heavy (non-hydrogen) atoms. The third-order valence-electron chi connectivity index (χ3n) is 5.20. The van der Waals surface area contributed by atoms with Gasteiger partial charge in [-0.25, -0.2) is 0 Å². The predicted molar refractivity (Wildman–Crippen MR) is 84.5 cm³/mol. The molecule has 0 amide bonds. The van der Waals surface area contributed by atoms with Crippen LogP contribution in [0.3, 0.4) is 0 Å². The molecule has 1 fully saturated rings. The van der Waals surface area contributed by atoms with Crippen molar-refractivity contribution in [2.45, 2.75) is 92.6 Å². The van der Waals surface area contributed by atoms with E-state index in [0.717, 1.165) is 6.61 Å². The first-order chi connectivity index (χ1) is 8.63. The first kappa shape index (κ1) is 17.0. The van der Waals surface area contributed by atoms with Gasteiger partial charge in [-0.2, -0.15) is 0 Å². The third kappa shape index (κ3) is 4.77. The second kappa shape index (κ2) is 6.16. The van der Waals surface area contributed by atoms with Gasteiger partial charge in [-0.05, 0) is 42.4 Å². The van der Waals surface area contributed by atoms with E-state index in [1.54, 1.807) is 0 Å². The van der Waals surface area contributed by atoms with Crippen LogP contribution in [-0.4, -0.2) is 12.2 Å². The van der Waals surface area contributed by atoms with E-state index >= 15 is 0 Å². The van der Waals surface area contributed by atoms with Gasteiger partial charge in [0.05, 0.1) is 12.2 Å². The van der Waals surface area contributed by atoms with Gasteiger partial charge < -0.3 is 4.74 Å². The van der Waals surface area contributed by atoms with Crippen LogP contribution in [0.5, 0.6) is 0 Å². The number of ether oxygens (including phenoxy) is 1. The maximum absolute atomic E-state index is 6.51. The van der Waals surface area contributed by atoms with Crippen LogP contribution in [0.2, 0.25) is 0 Å². The Balaban J connectivity index is 2.68. The number of rotatable bonds is 6. The largest absolute Gasteiger partial charge is 0.374 e. The lowest BCUT2D eigenvalue weighted by atomic mass is 9.69. The zero-order valence-corrected chi connectivity index (χ0v) is 14.4. The van der Waals surface area contributed by atoms with Crippen LogP contribution < -0.4 is 0 Å². The Bertz CT molecular complexity index is 268. The van der Waals surface area contributed by atoms with E-state index in [1.165, 1.54) is 38.5 Å². The van der Waals surface area contributed by atoms with Gasteiger partial charge in [-0.1, -0.05) is 61.3 Å². The molecule has 1 nitrogen and oxygen atoms in total. The van der Waals surface area contributed by atoms with Gasteiger partial charge in [-0.15, -0.1) is 0 Å². The Morgan fingerprint density at radius 3 is 1.95 bits per heavy atom. The van der Waals surface area contributed by atoms with Crippen molar-refractivity contribution in [3.8, 4) is 0 Å². The van der Waals surface area contributed by atoms with Crippen molar-refractivity contribution < 1.29 is 4.74 Å². The zero-order chi connectivity index (χ0) is 14.7. The van der Waals surface area contributed by atoms with E-state index in [-0.39, 0.29) is 5.60 Å². The Labute approximate surface area is 121 Å². The van der Waals surface area contributed by atoms with E-state index in [2.05, 4.69) is 48.5 Å². The summed E-state index contributed by atoms with van der Waals surface area (Å²) in [5, 5.41) is 0. The summed E-state index contributed by atoms with van der Waals surface area (Å²) in [4.78, 5) is 0. The van der Waals surface area contributed by atoms with Gasteiger partial charge in [0.1, 0.15) is 0 Å². The quantitative estimate of drug-likeness (QED) is 0.589. The Hall–Kier alpha value is -0.0400. The van der Waals surface area contributed by atoms with Crippen LogP contribution in [0, 0.1) is 16.7 Å². The fraction of sp³-hybridized carbons (Fsp3) is 1.00. The first-order valence-corrected chi connectivity index (χ1v) is 8.26. The fourth-order valence-electron chi connectivity index (χ4n) is 3.57. The number of hydrogen-bond acceptors (Lipinski definition) is 1. The standard InChI is InChI=1S/C18H36O/c1-8-18(11-9-10-12-18)19-14-17(7,15(2)3)13-16(4,5)6/h15H,8-14H2,1-7H3. The smallest absolute Gasteiger partial charge is 0.0680 e. The van der Waals surface area contributed by atoms with Gasteiger partial charge in [0.25, 0.3) is 0 Å². The molecule has 1 unspecified atom stereocenters. The minimum Gasteiger partial charge on any atom is -0.374 e. The summed E-state index contributed by atoms with van der Waals surface area (Å²) in [6, 6.07) is 0. The SMILES string of the molecule is CCC1(OCC(C)(CC(C)(C)C)C(C)C)CCCC1. The van der Waals surface area contributed by atoms with Crippen molar-refractivity contribution in [1.29, 1.82) is 0 Å².